The summed E-state index contributed by atoms with van der Waals surface area (Å²) < 4.78 is 44.3. The highest BCUT2D eigenvalue weighted by Gasteiger charge is 2.31. The van der Waals surface area contributed by atoms with Crippen LogP contribution in [-0.4, -0.2) is 49.5 Å². The Bertz CT molecular complexity index is 1850. The predicted molar refractivity (Wildman–Crippen MR) is 153 cm³/mol. The van der Waals surface area contributed by atoms with Gasteiger partial charge in [0.05, 0.1) is 34.8 Å². The van der Waals surface area contributed by atoms with Gasteiger partial charge in [-0.1, -0.05) is 12.1 Å². The minimum absolute atomic E-state index is 0.00615. The Morgan fingerprint density at radius 1 is 1.16 bits per heavy atom. The van der Waals surface area contributed by atoms with Gasteiger partial charge in [0.1, 0.15) is 0 Å². The second kappa shape index (κ2) is 11.2. The minimum atomic E-state index is -4.54. The number of nitrogens with zero attached hydrogens (tertiary/aromatic N) is 6. The summed E-state index contributed by atoms with van der Waals surface area (Å²) >= 11 is 0. The van der Waals surface area contributed by atoms with Gasteiger partial charge in [-0.25, -0.2) is 14.0 Å². The lowest BCUT2D eigenvalue weighted by atomic mass is 9.95. The van der Waals surface area contributed by atoms with Gasteiger partial charge in [0.15, 0.2) is 5.65 Å². The quantitative estimate of drug-likeness (QED) is 0.256. The molecule has 3 aromatic heterocycles. The van der Waals surface area contributed by atoms with E-state index in [1.54, 1.807) is 60.4 Å². The van der Waals surface area contributed by atoms with Gasteiger partial charge in [-0.3, -0.25) is 5.32 Å². The molecule has 3 N–H and O–H groups in total. The molecular formula is C30H26F3N9O. The van der Waals surface area contributed by atoms with Crippen LogP contribution in [0.15, 0.2) is 67.0 Å². The molecule has 2 aromatic carbocycles. The van der Waals surface area contributed by atoms with Crippen molar-refractivity contribution in [2.75, 3.05) is 18.4 Å². The van der Waals surface area contributed by atoms with E-state index in [4.69, 9.17) is 0 Å². The van der Waals surface area contributed by atoms with Crippen LogP contribution < -0.4 is 16.0 Å². The van der Waals surface area contributed by atoms with Gasteiger partial charge in [-0.15, -0.1) is 5.10 Å². The highest BCUT2D eigenvalue weighted by molar-refractivity contribution is 5.90. The fraction of sp³-hybridized carbons (Fsp3) is 0.233. The average Bonchev–Trinajstić information content (AvgIpc) is 3.64. The van der Waals surface area contributed by atoms with Crippen molar-refractivity contribution in [3.05, 3.63) is 83.7 Å². The standard InChI is InChI=1S/C30H26F3N9O/c1-18-24(25-11-13-36-42(25)23-9-7-19(15-34)8-10-23)17-41-27(26(18)20-4-2-5-21(14-20)30(31,32)33)38-28(40-41)39-29(43)37-22-6-3-12-35-16-22/h2,4-5,7-11,13-14,17,22,35H,3,6,12,16H2,1H3,(H2,37,39,40,43)/t22-/m1/s1. The Morgan fingerprint density at radius 2 is 1.98 bits per heavy atom. The molecule has 13 heteroatoms. The largest absolute Gasteiger partial charge is 0.416 e. The first-order valence-electron chi connectivity index (χ1n) is 13.6. The molecule has 43 heavy (non-hydrogen) atoms. The van der Waals surface area contributed by atoms with Gasteiger partial charge in [0.2, 0.25) is 0 Å². The van der Waals surface area contributed by atoms with E-state index in [9.17, 15) is 23.2 Å². The number of alkyl halides is 3. The predicted octanol–water partition coefficient (Wildman–Crippen LogP) is 5.32. The molecule has 1 aliphatic rings. The maximum atomic E-state index is 13.7. The summed E-state index contributed by atoms with van der Waals surface area (Å²) in [7, 11) is 0. The lowest BCUT2D eigenvalue weighted by molar-refractivity contribution is -0.137. The Morgan fingerprint density at radius 3 is 2.70 bits per heavy atom. The number of amides is 2. The fourth-order valence-corrected chi connectivity index (χ4v) is 5.30. The number of halogens is 3. The summed E-state index contributed by atoms with van der Waals surface area (Å²) in [6, 6.07) is 15.3. The Kier molecular flexibility index (Phi) is 7.29. The third-order valence-corrected chi connectivity index (χ3v) is 7.38. The number of benzene rings is 2. The van der Waals surface area contributed by atoms with Crippen molar-refractivity contribution in [2.24, 2.45) is 0 Å². The number of rotatable bonds is 5. The van der Waals surface area contributed by atoms with E-state index in [1.807, 2.05) is 0 Å². The number of urea groups is 1. The van der Waals surface area contributed by atoms with Gasteiger partial charge in [-0.05, 0) is 79.9 Å². The number of fused-ring (bicyclic) bond motifs is 1. The zero-order valence-electron chi connectivity index (χ0n) is 23.0. The highest BCUT2D eigenvalue weighted by Crippen LogP contribution is 2.38. The molecule has 0 unspecified atom stereocenters. The van der Waals surface area contributed by atoms with E-state index in [0.29, 0.717) is 45.7 Å². The third-order valence-electron chi connectivity index (χ3n) is 7.38. The van der Waals surface area contributed by atoms with Gasteiger partial charge in [0.25, 0.3) is 5.95 Å². The van der Waals surface area contributed by atoms with Crippen molar-refractivity contribution >= 4 is 17.6 Å². The Balaban J connectivity index is 1.47. The van der Waals surface area contributed by atoms with Crippen molar-refractivity contribution in [2.45, 2.75) is 32.0 Å². The molecule has 1 saturated heterocycles. The van der Waals surface area contributed by atoms with E-state index in [-0.39, 0.29) is 17.6 Å². The van der Waals surface area contributed by atoms with Crippen LogP contribution in [0, 0.1) is 18.3 Å². The lowest BCUT2D eigenvalue weighted by Gasteiger charge is -2.23. The van der Waals surface area contributed by atoms with Crippen molar-refractivity contribution in [3.63, 3.8) is 0 Å². The second-order valence-corrected chi connectivity index (χ2v) is 10.3. The van der Waals surface area contributed by atoms with E-state index in [0.717, 1.165) is 31.5 Å². The molecule has 4 heterocycles. The number of hydrogen-bond acceptors (Lipinski definition) is 6. The highest BCUT2D eigenvalue weighted by atomic mass is 19.4. The number of nitriles is 1. The zero-order valence-corrected chi connectivity index (χ0v) is 23.0. The van der Waals surface area contributed by atoms with Crippen molar-refractivity contribution < 1.29 is 18.0 Å². The van der Waals surface area contributed by atoms with Gasteiger partial charge < -0.3 is 10.6 Å². The number of anilines is 1. The number of piperidine rings is 1. The van der Waals surface area contributed by atoms with Gasteiger partial charge >= 0.3 is 12.2 Å². The maximum absolute atomic E-state index is 13.7. The van der Waals surface area contributed by atoms with Crippen LogP contribution in [0.1, 0.15) is 29.5 Å². The zero-order chi connectivity index (χ0) is 30.1. The van der Waals surface area contributed by atoms with Crippen LogP contribution in [0.25, 0.3) is 33.7 Å². The molecule has 5 aromatic rings. The molecule has 0 saturated carbocycles. The molecule has 1 atom stereocenters. The first-order valence-corrected chi connectivity index (χ1v) is 13.6. The number of aromatic nitrogens is 5. The Labute approximate surface area is 244 Å². The molecule has 0 radical (unpaired) electrons. The molecule has 1 fully saturated rings. The normalized spacial score (nSPS) is 15.3. The summed E-state index contributed by atoms with van der Waals surface area (Å²) in [5.74, 6) is 0.00615. The number of nitrogens with one attached hydrogen (secondary N) is 3. The van der Waals surface area contributed by atoms with Gasteiger partial charge in [0, 0.05) is 29.9 Å². The van der Waals surface area contributed by atoms with Crippen LogP contribution in [-0.2, 0) is 6.18 Å². The number of carbonyl (C=O) groups excluding carboxylic acids is 1. The molecule has 1 aliphatic heterocycles. The minimum Gasteiger partial charge on any atom is -0.334 e. The first-order chi connectivity index (χ1) is 20.7. The molecule has 2 amide bonds. The number of hydrogen-bond donors (Lipinski definition) is 3. The molecular weight excluding hydrogens is 559 g/mol. The molecule has 0 bridgehead atoms. The average molecular weight is 586 g/mol. The van der Waals surface area contributed by atoms with Crippen molar-refractivity contribution in [1.29, 1.82) is 5.26 Å². The van der Waals surface area contributed by atoms with Gasteiger partial charge in [-0.2, -0.15) is 28.5 Å². The number of carbonyl (C=O) groups is 1. The van der Waals surface area contributed by atoms with Crippen molar-refractivity contribution in [1.82, 2.24) is 35.0 Å². The molecule has 0 spiro atoms. The first kappa shape index (κ1) is 27.9. The van der Waals surface area contributed by atoms with E-state index in [1.165, 1.54) is 10.6 Å². The fourth-order valence-electron chi connectivity index (χ4n) is 5.30. The monoisotopic (exact) mass is 585 g/mol. The van der Waals surface area contributed by atoms with E-state index in [2.05, 4.69) is 37.2 Å². The number of pyridine rings is 1. The van der Waals surface area contributed by atoms with Crippen LogP contribution in [0.3, 0.4) is 0 Å². The van der Waals surface area contributed by atoms with Crippen LogP contribution in [0.2, 0.25) is 0 Å². The van der Waals surface area contributed by atoms with Crippen molar-refractivity contribution in [3.8, 4) is 34.1 Å². The van der Waals surface area contributed by atoms with Crippen LogP contribution >= 0.6 is 0 Å². The topological polar surface area (TPSA) is 125 Å². The third kappa shape index (κ3) is 5.64. The maximum Gasteiger partial charge on any atom is 0.416 e. The molecule has 6 rings (SSSR count). The summed E-state index contributed by atoms with van der Waals surface area (Å²) in [6.45, 7) is 3.35. The van der Waals surface area contributed by atoms with E-state index < -0.39 is 17.8 Å². The molecule has 10 nitrogen and oxygen atoms in total. The molecule has 0 aliphatic carbocycles. The smallest absolute Gasteiger partial charge is 0.334 e. The summed E-state index contributed by atoms with van der Waals surface area (Å²) in [6.07, 6.45) is 0.561. The molecule has 218 valence electrons. The Hall–Kier alpha value is -5.22. The summed E-state index contributed by atoms with van der Waals surface area (Å²) in [5.41, 5.74) is 3.30. The van der Waals surface area contributed by atoms with E-state index >= 15 is 0 Å². The van der Waals surface area contributed by atoms with Crippen LogP contribution in [0.4, 0.5) is 23.9 Å². The summed E-state index contributed by atoms with van der Waals surface area (Å²) in [4.78, 5) is 17.3. The van der Waals surface area contributed by atoms with Crippen LogP contribution in [0.5, 0.6) is 0 Å². The second-order valence-electron chi connectivity index (χ2n) is 10.3. The lowest BCUT2D eigenvalue weighted by Crippen LogP contribution is -2.47. The SMILES string of the molecule is Cc1c(-c2ccnn2-c2ccc(C#N)cc2)cn2nc(NC(=O)N[C@@H]3CCCNC3)nc2c1-c1cccc(C(F)(F)F)c1. The summed E-state index contributed by atoms with van der Waals surface area (Å²) in [5, 5.41) is 26.9.